The smallest absolute Gasteiger partial charge is 0.281 e. The van der Waals surface area contributed by atoms with Crippen LogP contribution in [-0.4, -0.2) is 85.2 Å². The minimum atomic E-state index is 0.278. The zero-order valence-corrected chi connectivity index (χ0v) is 36.6. The Kier molecular flexibility index (Phi) is 34.7. The molecule has 6 nitrogen and oxygen atoms in total. The van der Waals surface area contributed by atoms with Crippen molar-refractivity contribution < 1.29 is 19.0 Å². The van der Waals surface area contributed by atoms with Crippen LogP contribution in [0.4, 0.5) is 4.79 Å². The van der Waals surface area contributed by atoms with Crippen molar-refractivity contribution in [1.29, 1.82) is 0 Å². The van der Waals surface area contributed by atoms with Gasteiger partial charge in [-0.25, -0.2) is 0 Å². The quantitative estimate of drug-likeness (QED) is 0.0462. The van der Waals surface area contributed by atoms with Crippen LogP contribution in [0, 0.1) is 0 Å². The number of likely N-dealkylation sites (tertiary alicyclic amines) is 1. The number of rotatable bonds is 38. The van der Waals surface area contributed by atoms with Gasteiger partial charge in [0.25, 0.3) is 5.24 Å². The number of unbranched alkanes of at least 4 members (excludes halogenated alkanes) is 14. The van der Waals surface area contributed by atoms with Crippen LogP contribution >= 0.6 is 11.8 Å². The van der Waals surface area contributed by atoms with E-state index in [1.54, 1.807) is 11.8 Å². The van der Waals surface area contributed by atoms with E-state index in [9.17, 15) is 4.79 Å². The first-order valence-electron chi connectivity index (χ1n) is 22.9. The summed E-state index contributed by atoms with van der Waals surface area (Å²) < 4.78 is 18.6. The van der Waals surface area contributed by atoms with Crippen molar-refractivity contribution in [1.82, 2.24) is 9.80 Å². The number of thioether (sulfide) groups is 1. The number of carbonyl (C=O) groups is 1. The van der Waals surface area contributed by atoms with Gasteiger partial charge in [0.1, 0.15) is 6.79 Å². The average molecular weight is 755 g/mol. The highest BCUT2D eigenvalue weighted by molar-refractivity contribution is 8.13. The predicted molar refractivity (Wildman–Crippen MR) is 228 cm³/mol. The molecule has 1 rings (SSSR count). The molecule has 7 heteroatoms. The van der Waals surface area contributed by atoms with Gasteiger partial charge >= 0.3 is 0 Å². The minimum absolute atomic E-state index is 0.278. The summed E-state index contributed by atoms with van der Waals surface area (Å²) in [6.07, 6.45) is 35.4. The van der Waals surface area contributed by atoms with E-state index in [0.29, 0.717) is 31.1 Å². The van der Waals surface area contributed by atoms with Gasteiger partial charge in [0, 0.05) is 37.6 Å². The van der Waals surface area contributed by atoms with E-state index in [1.807, 2.05) is 0 Å². The first-order valence-corrected chi connectivity index (χ1v) is 23.9. The molecule has 1 fully saturated rings. The molecule has 1 heterocycles. The monoisotopic (exact) mass is 755 g/mol. The van der Waals surface area contributed by atoms with Crippen molar-refractivity contribution in [2.45, 2.75) is 239 Å². The summed E-state index contributed by atoms with van der Waals surface area (Å²) in [6, 6.07) is 0.936. The second-order valence-corrected chi connectivity index (χ2v) is 17.0. The summed E-state index contributed by atoms with van der Waals surface area (Å²) in [7, 11) is 2.24. The standard InChI is InChI=1S/C45H90N2O4S/c1-7-12-15-18-21-32-43(10-4)51-40-49-37-26-24-29-42(47(11-5)45(48)52-39-35-41-31-28-36-46(41)6)30-25-27-38-50-44(33-22-19-16-13-8-2)34-23-20-17-14-9-3/h41-44H,7-40H2,1-6H3. The van der Waals surface area contributed by atoms with E-state index in [4.69, 9.17) is 14.2 Å². The third-order valence-corrected chi connectivity index (χ3v) is 12.4. The number of carbonyl (C=O) groups excluding carboxylic acids is 1. The molecule has 52 heavy (non-hydrogen) atoms. The summed E-state index contributed by atoms with van der Waals surface area (Å²) in [4.78, 5) is 18.2. The van der Waals surface area contributed by atoms with Crippen molar-refractivity contribution in [2.75, 3.05) is 45.9 Å². The van der Waals surface area contributed by atoms with Gasteiger partial charge in [-0.15, -0.1) is 0 Å². The van der Waals surface area contributed by atoms with E-state index in [0.717, 1.165) is 83.3 Å². The van der Waals surface area contributed by atoms with Gasteiger partial charge in [-0.2, -0.15) is 0 Å². The fourth-order valence-electron chi connectivity index (χ4n) is 7.86. The van der Waals surface area contributed by atoms with Gasteiger partial charge in [0.05, 0.1) is 12.2 Å². The SMILES string of the molecule is CCCCCCCC(CC)OCOCCCCC(CCCCOC(CCCCCCC)CCCCCCC)N(CC)C(=O)SCCC1CCCN1C. The predicted octanol–water partition coefficient (Wildman–Crippen LogP) is 13.6. The summed E-state index contributed by atoms with van der Waals surface area (Å²) in [5.41, 5.74) is 0. The number of hydrogen-bond acceptors (Lipinski definition) is 6. The van der Waals surface area contributed by atoms with Crippen molar-refractivity contribution in [3.8, 4) is 0 Å². The van der Waals surface area contributed by atoms with Crippen LogP contribution in [0.15, 0.2) is 0 Å². The molecular formula is C45H90N2O4S. The van der Waals surface area contributed by atoms with Gasteiger partial charge < -0.3 is 24.0 Å². The normalized spacial score (nSPS) is 16.2. The number of hydrogen-bond donors (Lipinski definition) is 0. The fourth-order valence-corrected chi connectivity index (χ4v) is 8.87. The Morgan fingerprint density at radius 1 is 0.673 bits per heavy atom. The highest BCUT2D eigenvalue weighted by Gasteiger charge is 2.24. The molecule has 1 aliphatic rings. The van der Waals surface area contributed by atoms with E-state index in [1.165, 1.54) is 129 Å². The average Bonchev–Trinajstić information content (AvgIpc) is 3.56. The summed E-state index contributed by atoms with van der Waals surface area (Å²) >= 11 is 1.56. The van der Waals surface area contributed by atoms with E-state index < -0.39 is 0 Å². The number of ether oxygens (including phenoxy) is 3. The molecule has 0 N–H and O–H groups in total. The lowest BCUT2D eigenvalue weighted by Crippen LogP contribution is -2.38. The van der Waals surface area contributed by atoms with Crippen molar-refractivity contribution in [2.24, 2.45) is 0 Å². The van der Waals surface area contributed by atoms with Crippen LogP contribution in [-0.2, 0) is 14.2 Å². The minimum Gasteiger partial charge on any atom is -0.378 e. The molecule has 1 aliphatic heterocycles. The van der Waals surface area contributed by atoms with Gasteiger partial charge in [0.2, 0.25) is 0 Å². The lowest BCUT2D eigenvalue weighted by molar-refractivity contribution is -0.0934. The van der Waals surface area contributed by atoms with Crippen molar-refractivity contribution >= 4 is 17.0 Å². The highest BCUT2D eigenvalue weighted by Crippen LogP contribution is 2.25. The number of amides is 1. The third kappa shape index (κ3) is 26.5. The van der Waals surface area contributed by atoms with Crippen LogP contribution in [0.3, 0.4) is 0 Å². The third-order valence-electron chi connectivity index (χ3n) is 11.5. The molecule has 1 saturated heterocycles. The van der Waals surface area contributed by atoms with E-state index >= 15 is 0 Å². The molecule has 3 unspecified atom stereocenters. The molecule has 0 radical (unpaired) electrons. The Morgan fingerprint density at radius 2 is 1.21 bits per heavy atom. The van der Waals surface area contributed by atoms with Gasteiger partial charge in [-0.05, 0) is 104 Å². The molecule has 0 aromatic carbocycles. The molecule has 3 atom stereocenters. The van der Waals surface area contributed by atoms with Gasteiger partial charge in [-0.1, -0.05) is 136 Å². The first-order chi connectivity index (χ1) is 25.5. The molecule has 1 amide bonds. The Bertz CT molecular complexity index is 760. The lowest BCUT2D eigenvalue weighted by Gasteiger charge is -2.31. The van der Waals surface area contributed by atoms with Crippen LogP contribution in [0.25, 0.3) is 0 Å². The van der Waals surface area contributed by atoms with Gasteiger partial charge in [-0.3, -0.25) is 4.79 Å². The fraction of sp³-hybridized carbons (Fsp3) is 0.978. The molecule has 0 aromatic rings. The Morgan fingerprint density at radius 3 is 1.73 bits per heavy atom. The van der Waals surface area contributed by atoms with Crippen LogP contribution in [0.2, 0.25) is 0 Å². The van der Waals surface area contributed by atoms with Crippen molar-refractivity contribution in [3.63, 3.8) is 0 Å². The molecule has 0 saturated carbocycles. The molecule has 310 valence electrons. The first kappa shape index (κ1) is 49.7. The Labute approximate surface area is 329 Å². The summed E-state index contributed by atoms with van der Waals surface area (Å²) in [6.45, 7) is 15.2. The lowest BCUT2D eigenvalue weighted by atomic mass is 10.0. The van der Waals surface area contributed by atoms with Crippen LogP contribution in [0.1, 0.15) is 214 Å². The van der Waals surface area contributed by atoms with Crippen LogP contribution < -0.4 is 0 Å². The summed E-state index contributed by atoms with van der Waals surface area (Å²) in [5, 5.41) is 0.278. The van der Waals surface area contributed by atoms with E-state index in [-0.39, 0.29) is 5.24 Å². The number of nitrogens with zero attached hydrogens (tertiary/aromatic N) is 2. The van der Waals surface area contributed by atoms with Gasteiger partial charge in [0.15, 0.2) is 0 Å². The highest BCUT2D eigenvalue weighted by atomic mass is 32.2. The summed E-state index contributed by atoms with van der Waals surface area (Å²) in [5.74, 6) is 0.925. The second-order valence-electron chi connectivity index (χ2n) is 15.9. The molecule has 0 spiro atoms. The van der Waals surface area contributed by atoms with E-state index in [2.05, 4.69) is 51.5 Å². The maximum absolute atomic E-state index is 13.6. The Balaban J connectivity index is 2.57. The zero-order valence-electron chi connectivity index (χ0n) is 35.8. The topological polar surface area (TPSA) is 51.2 Å². The maximum Gasteiger partial charge on any atom is 0.281 e. The van der Waals surface area contributed by atoms with Crippen molar-refractivity contribution in [3.05, 3.63) is 0 Å². The maximum atomic E-state index is 13.6. The second kappa shape index (κ2) is 36.3. The molecular weight excluding hydrogens is 665 g/mol. The van der Waals surface area contributed by atoms with Crippen LogP contribution in [0.5, 0.6) is 0 Å². The molecule has 0 bridgehead atoms. The largest absolute Gasteiger partial charge is 0.378 e. The Hall–Kier alpha value is -0.340. The molecule has 0 aliphatic carbocycles. The zero-order chi connectivity index (χ0) is 37.9. The molecule has 0 aromatic heterocycles.